The molecule has 3 aromatic rings. The quantitative estimate of drug-likeness (QED) is 0.553. The van der Waals surface area contributed by atoms with Gasteiger partial charge in [0.2, 0.25) is 5.82 Å². The Bertz CT molecular complexity index is 907. The monoisotopic (exact) mass is 326 g/mol. The van der Waals surface area contributed by atoms with Gasteiger partial charge in [-0.15, -0.1) is 0 Å². The second kappa shape index (κ2) is 6.54. The van der Waals surface area contributed by atoms with Crippen LogP contribution in [0.3, 0.4) is 0 Å². The van der Waals surface area contributed by atoms with Crippen molar-refractivity contribution in [3.8, 4) is 5.75 Å². The van der Waals surface area contributed by atoms with Crippen molar-refractivity contribution in [2.75, 3.05) is 12.4 Å². The average molecular weight is 326 g/mol. The first kappa shape index (κ1) is 15.7. The Labute approximate surface area is 137 Å². The highest BCUT2D eigenvalue weighted by molar-refractivity contribution is 5.85. The third-order valence-corrected chi connectivity index (χ3v) is 3.81. The van der Waals surface area contributed by atoms with Gasteiger partial charge >= 0.3 is 5.69 Å². The number of nitro groups is 1. The molecule has 0 unspecified atom stereocenters. The first-order valence-electron chi connectivity index (χ1n) is 7.32. The molecule has 0 fully saturated rings. The molecule has 24 heavy (non-hydrogen) atoms. The molecule has 3 aromatic carbocycles. The van der Waals surface area contributed by atoms with Gasteiger partial charge in [-0.2, -0.15) is 4.39 Å². The molecule has 0 saturated carbocycles. The van der Waals surface area contributed by atoms with Gasteiger partial charge in [-0.25, -0.2) is 0 Å². The van der Waals surface area contributed by atoms with Crippen molar-refractivity contribution in [2.24, 2.45) is 0 Å². The van der Waals surface area contributed by atoms with Crippen LogP contribution in [0.5, 0.6) is 5.75 Å². The SMILES string of the molecule is COc1cc(F)c([N+](=O)[O-])cc1NCc1cccc2ccccc12. The Kier molecular flexibility index (Phi) is 4.29. The summed E-state index contributed by atoms with van der Waals surface area (Å²) < 4.78 is 18.8. The summed E-state index contributed by atoms with van der Waals surface area (Å²) in [7, 11) is 1.39. The fourth-order valence-corrected chi connectivity index (χ4v) is 2.63. The standard InChI is InChI=1S/C18H15FN2O3/c1-24-18-9-15(19)17(21(22)23)10-16(18)20-11-13-7-4-6-12-5-2-3-8-14(12)13/h2-10,20H,11H2,1H3. The van der Waals surface area contributed by atoms with Crippen LogP contribution in [0.25, 0.3) is 10.8 Å². The summed E-state index contributed by atoms with van der Waals surface area (Å²) in [5.74, 6) is -0.703. The summed E-state index contributed by atoms with van der Waals surface area (Å²) in [4.78, 5) is 10.2. The van der Waals surface area contributed by atoms with Gasteiger partial charge < -0.3 is 10.1 Å². The normalized spacial score (nSPS) is 10.6. The molecule has 0 aliphatic rings. The van der Waals surface area contributed by atoms with Crippen LogP contribution in [0.2, 0.25) is 0 Å². The fraction of sp³-hybridized carbons (Fsp3) is 0.111. The summed E-state index contributed by atoms with van der Waals surface area (Å²) in [6.45, 7) is 0.431. The second-order valence-corrected chi connectivity index (χ2v) is 5.25. The lowest BCUT2D eigenvalue weighted by Gasteiger charge is -2.13. The van der Waals surface area contributed by atoms with E-state index in [1.807, 2.05) is 42.5 Å². The minimum absolute atomic E-state index is 0.221. The maximum atomic E-state index is 13.7. The predicted molar refractivity (Wildman–Crippen MR) is 90.9 cm³/mol. The van der Waals surface area contributed by atoms with Gasteiger partial charge in [-0.3, -0.25) is 10.1 Å². The lowest BCUT2D eigenvalue weighted by atomic mass is 10.0. The number of nitrogens with one attached hydrogen (secondary N) is 1. The van der Waals surface area contributed by atoms with Crippen LogP contribution < -0.4 is 10.1 Å². The van der Waals surface area contributed by atoms with E-state index in [1.54, 1.807) is 0 Å². The third-order valence-electron chi connectivity index (χ3n) is 3.81. The highest BCUT2D eigenvalue weighted by Gasteiger charge is 2.18. The van der Waals surface area contributed by atoms with Gasteiger partial charge in [0, 0.05) is 18.7 Å². The molecule has 0 aliphatic carbocycles. The largest absolute Gasteiger partial charge is 0.494 e. The number of benzene rings is 3. The average Bonchev–Trinajstić information content (AvgIpc) is 2.60. The third kappa shape index (κ3) is 2.99. The Morgan fingerprint density at radius 2 is 1.92 bits per heavy atom. The van der Waals surface area contributed by atoms with Crippen molar-refractivity contribution < 1.29 is 14.1 Å². The number of ether oxygens (including phenoxy) is 1. The zero-order valence-electron chi connectivity index (χ0n) is 13.0. The number of fused-ring (bicyclic) bond motifs is 1. The van der Waals surface area contributed by atoms with Crippen LogP contribution in [0.15, 0.2) is 54.6 Å². The summed E-state index contributed by atoms with van der Waals surface area (Å²) in [6, 6.07) is 16.0. The number of nitrogens with zero attached hydrogens (tertiary/aromatic N) is 1. The minimum atomic E-state index is -0.924. The van der Waals surface area contributed by atoms with E-state index in [2.05, 4.69) is 5.32 Å². The Balaban J connectivity index is 1.93. The van der Waals surface area contributed by atoms with Crippen molar-refractivity contribution in [1.29, 1.82) is 0 Å². The second-order valence-electron chi connectivity index (χ2n) is 5.25. The molecule has 0 atom stereocenters. The van der Waals surface area contributed by atoms with Crippen LogP contribution in [0.1, 0.15) is 5.56 Å². The van der Waals surface area contributed by atoms with E-state index in [9.17, 15) is 14.5 Å². The van der Waals surface area contributed by atoms with Crippen LogP contribution in [-0.4, -0.2) is 12.0 Å². The van der Waals surface area contributed by atoms with Crippen molar-refractivity contribution in [3.63, 3.8) is 0 Å². The number of hydrogen-bond acceptors (Lipinski definition) is 4. The number of anilines is 1. The van der Waals surface area contributed by atoms with E-state index in [0.29, 0.717) is 12.2 Å². The van der Waals surface area contributed by atoms with E-state index in [1.165, 1.54) is 7.11 Å². The van der Waals surface area contributed by atoms with Gasteiger partial charge in [0.05, 0.1) is 17.7 Å². The van der Waals surface area contributed by atoms with Gasteiger partial charge in [0.15, 0.2) is 0 Å². The topological polar surface area (TPSA) is 64.4 Å². The highest BCUT2D eigenvalue weighted by atomic mass is 19.1. The molecule has 0 bridgehead atoms. The molecule has 0 heterocycles. The molecule has 0 amide bonds. The summed E-state index contributed by atoms with van der Waals surface area (Å²) in [6.07, 6.45) is 0. The lowest BCUT2D eigenvalue weighted by Crippen LogP contribution is -2.04. The molecular weight excluding hydrogens is 311 g/mol. The zero-order chi connectivity index (χ0) is 17.1. The van der Waals surface area contributed by atoms with Crippen LogP contribution in [-0.2, 0) is 6.54 Å². The van der Waals surface area contributed by atoms with Gasteiger partial charge in [-0.05, 0) is 16.3 Å². The number of rotatable bonds is 5. The number of nitro benzene ring substituents is 1. The first-order valence-corrected chi connectivity index (χ1v) is 7.32. The molecule has 6 heteroatoms. The molecule has 0 aromatic heterocycles. The molecule has 0 saturated heterocycles. The van der Waals surface area contributed by atoms with Crippen molar-refractivity contribution in [2.45, 2.75) is 6.54 Å². The number of halogens is 1. The van der Waals surface area contributed by atoms with E-state index < -0.39 is 16.4 Å². The Morgan fingerprint density at radius 1 is 1.17 bits per heavy atom. The van der Waals surface area contributed by atoms with Crippen LogP contribution >= 0.6 is 0 Å². The molecule has 0 aliphatic heterocycles. The van der Waals surface area contributed by atoms with Gasteiger partial charge in [-0.1, -0.05) is 42.5 Å². The molecule has 122 valence electrons. The number of hydrogen-bond donors (Lipinski definition) is 1. The molecule has 3 rings (SSSR count). The fourth-order valence-electron chi connectivity index (χ4n) is 2.63. The molecule has 5 nitrogen and oxygen atoms in total. The van der Waals surface area contributed by atoms with Gasteiger partial charge in [0.1, 0.15) is 5.75 Å². The Hall–Kier alpha value is -3.15. The smallest absolute Gasteiger partial charge is 0.307 e. The van der Waals surface area contributed by atoms with Gasteiger partial charge in [0.25, 0.3) is 0 Å². The van der Waals surface area contributed by atoms with E-state index in [0.717, 1.165) is 28.5 Å². The number of methoxy groups -OCH3 is 1. The van der Waals surface area contributed by atoms with Crippen LogP contribution in [0.4, 0.5) is 15.8 Å². The summed E-state index contributed by atoms with van der Waals surface area (Å²) >= 11 is 0. The van der Waals surface area contributed by atoms with Crippen molar-refractivity contribution >= 4 is 22.1 Å². The predicted octanol–water partition coefficient (Wildman–Crippen LogP) is 4.51. The maximum absolute atomic E-state index is 13.7. The summed E-state index contributed by atoms with van der Waals surface area (Å²) in [5.41, 5.74) is 0.817. The molecular formula is C18H15FN2O3. The highest BCUT2D eigenvalue weighted by Crippen LogP contribution is 2.32. The van der Waals surface area contributed by atoms with E-state index in [4.69, 9.17) is 4.74 Å². The first-order chi connectivity index (χ1) is 11.6. The van der Waals surface area contributed by atoms with Crippen LogP contribution in [0, 0.1) is 15.9 Å². The molecule has 0 radical (unpaired) electrons. The maximum Gasteiger partial charge on any atom is 0.307 e. The lowest BCUT2D eigenvalue weighted by molar-refractivity contribution is -0.387. The zero-order valence-corrected chi connectivity index (χ0v) is 13.0. The minimum Gasteiger partial charge on any atom is -0.494 e. The van der Waals surface area contributed by atoms with E-state index in [-0.39, 0.29) is 5.75 Å². The molecule has 0 spiro atoms. The van der Waals surface area contributed by atoms with Crippen molar-refractivity contribution in [1.82, 2.24) is 0 Å². The molecule has 1 N–H and O–H groups in total. The summed E-state index contributed by atoms with van der Waals surface area (Å²) in [5, 5.41) is 16.2. The van der Waals surface area contributed by atoms with E-state index >= 15 is 0 Å². The Morgan fingerprint density at radius 3 is 2.67 bits per heavy atom. The van der Waals surface area contributed by atoms with Crippen molar-refractivity contribution in [3.05, 3.63) is 76.1 Å².